The minimum absolute atomic E-state index is 0.0633. The lowest BCUT2D eigenvalue weighted by Gasteiger charge is -2.35. The van der Waals surface area contributed by atoms with Gasteiger partial charge in [-0.2, -0.15) is 0 Å². The normalized spacial score (nSPS) is 15.9. The monoisotopic (exact) mass is 372 g/mol. The van der Waals surface area contributed by atoms with Gasteiger partial charge in [-0.15, -0.1) is 11.3 Å². The number of para-hydroxylation sites is 1. The number of nitrogens with zero attached hydrogens (tertiary/aromatic N) is 3. The largest absolute Gasteiger partial charge is 0.329 e. The second-order valence-corrected chi connectivity index (χ2v) is 7.64. The number of carbonyl (C=O) groups excluding carboxylic acids is 2. The Bertz CT molecular complexity index is 771. The Labute approximate surface area is 157 Å². The number of aryl methyl sites for hydroxylation is 2. The average Bonchev–Trinajstić information content (AvgIpc) is 2.98. The lowest BCUT2D eigenvalue weighted by molar-refractivity contribution is -0.120. The maximum Gasteiger partial charge on any atom is 0.318 e. The Hall–Kier alpha value is -2.41. The molecule has 1 atom stereocenters. The first-order valence-corrected chi connectivity index (χ1v) is 9.66. The number of hydrogen-bond acceptors (Lipinski definition) is 4. The summed E-state index contributed by atoms with van der Waals surface area (Å²) in [5.74, 6) is -0.0633. The van der Waals surface area contributed by atoms with Crippen LogP contribution >= 0.6 is 11.3 Å². The van der Waals surface area contributed by atoms with Crippen molar-refractivity contribution >= 4 is 29.0 Å². The third kappa shape index (κ3) is 3.88. The zero-order valence-corrected chi connectivity index (χ0v) is 16.2. The van der Waals surface area contributed by atoms with Crippen LogP contribution < -0.4 is 10.2 Å². The van der Waals surface area contributed by atoms with Gasteiger partial charge in [-0.25, -0.2) is 9.78 Å². The van der Waals surface area contributed by atoms with Crippen LogP contribution in [-0.4, -0.2) is 41.5 Å². The molecule has 1 unspecified atom stereocenters. The smallest absolute Gasteiger partial charge is 0.318 e. The zero-order chi connectivity index (χ0) is 18.7. The molecule has 26 heavy (non-hydrogen) atoms. The van der Waals surface area contributed by atoms with Crippen molar-refractivity contribution in [2.24, 2.45) is 0 Å². The van der Waals surface area contributed by atoms with E-state index >= 15 is 0 Å². The summed E-state index contributed by atoms with van der Waals surface area (Å²) in [7, 11) is 0. The Morgan fingerprint density at radius 1 is 1.27 bits per heavy atom. The van der Waals surface area contributed by atoms with Gasteiger partial charge in [-0.1, -0.05) is 25.1 Å². The van der Waals surface area contributed by atoms with E-state index in [-0.39, 0.29) is 24.5 Å². The van der Waals surface area contributed by atoms with Gasteiger partial charge in [0.05, 0.1) is 11.7 Å². The standard InChI is InChI=1S/C19H24N4O2S/c1-4-16(18-20-13(2)14(3)26-18)21-19(25)22-10-11-23(17(24)12-22)15-8-6-5-7-9-15/h5-9,16H,4,10-12H2,1-3H3,(H,21,25). The van der Waals surface area contributed by atoms with Gasteiger partial charge in [-0.05, 0) is 32.4 Å². The van der Waals surface area contributed by atoms with Gasteiger partial charge in [0.15, 0.2) is 0 Å². The first kappa shape index (κ1) is 18.4. The molecule has 138 valence electrons. The predicted octanol–water partition coefficient (Wildman–Crippen LogP) is 3.27. The average molecular weight is 372 g/mol. The van der Waals surface area contributed by atoms with Crippen molar-refractivity contribution in [2.45, 2.75) is 33.2 Å². The summed E-state index contributed by atoms with van der Waals surface area (Å²) in [6.45, 7) is 7.14. The quantitative estimate of drug-likeness (QED) is 0.896. The number of urea groups is 1. The van der Waals surface area contributed by atoms with Crippen LogP contribution in [0.3, 0.4) is 0 Å². The van der Waals surface area contributed by atoms with Crippen LogP contribution in [0.4, 0.5) is 10.5 Å². The molecule has 1 aliphatic heterocycles. The molecule has 3 rings (SSSR count). The van der Waals surface area contributed by atoms with Crippen molar-refractivity contribution in [1.29, 1.82) is 0 Å². The van der Waals surface area contributed by atoms with Gasteiger partial charge in [0, 0.05) is 23.7 Å². The van der Waals surface area contributed by atoms with E-state index in [0.717, 1.165) is 22.8 Å². The Kier molecular flexibility index (Phi) is 5.56. The number of thiazole rings is 1. The van der Waals surface area contributed by atoms with E-state index in [4.69, 9.17) is 0 Å². The highest BCUT2D eigenvalue weighted by Crippen LogP contribution is 2.25. The fourth-order valence-electron chi connectivity index (χ4n) is 2.95. The minimum Gasteiger partial charge on any atom is -0.329 e. The van der Waals surface area contributed by atoms with Crippen molar-refractivity contribution in [3.8, 4) is 0 Å². The molecule has 3 amide bonds. The van der Waals surface area contributed by atoms with Crippen LogP contribution in [0.5, 0.6) is 0 Å². The molecule has 6 nitrogen and oxygen atoms in total. The number of piperazine rings is 1. The third-order valence-corrected chi connectivity index (χ3v) is 5.81. The van der Waals surface area contributed by atoms with E-state index in [2.05, 4.69) is 10.3 Å². The molecule has 0 spiro atoms. The minimum atomic E-state index is -0.205. The van der Waals surface area contributed by atoms with Crippen LogP contribution in [0.15, 0.2) is 30.3 Å². The van der Waals surface area contributed by atoms with Crippen LogP contribution in [0.2, 0.25) is 0 Å². The van der Waals surface area contributed by atoms with E-state index in [0.29, 0.717) is 13.1 Å². The molecule has 0 aliphatic carbocycles. The molecule has 1 aliphatic rings. The number of anilines is 1. The van der Waals surface area contributed by atoms with Crippen molar-refractivity contribution in [1.82, 2.24) is 15.2 Å². The molecule has 1 aromatic heterocycles. The van der Waals surface area contributed by atoms with Crippen molar-refractivity contribution in [3.05, 3.63) is 45.9 Å². The van der Waals surface area contributed by atoms with Gasteiger partial charge in [-0.3, -0.25) is 4.79 Å². The molecule has 0 radical (unpaired) electrons. The van der Waals surface area contributed by atoms with Crippen LogP contribution in [0.1, 0.15) is 35.0 Å². The number of aromatic nitrogens is 1. The maximum absolute atomic E-state index is 12.6. The Balaban J connectivity index is 1.63. The van der Waals surface area contributed by atoms with E-state index in [1.165, 1.54) is 4.88 Å². The molecular formula is C19H24N4O2S. The zero-order valence-electron chi connectivity index (χ0n) is 15.4. The highest BCUT2D eigenvalue weighted by Gasteiger charge is 2.29. The van der Waals surface area contributed by atoms with E-state index in [9.17, 15) is 9.59 Å². The molecule has 1 aromatic carbocycles. The number of carbonyl (C=O) groups is 2. The summed E-state index contributed by atoms with van der Waals surface area (Å²) in [6, 6.07) is 9.23. The number of amides is 3. The van der Waals surface area contributed by atoms with Crippen LogP contribution in [0, 0.1) is 13.8 Å². The van der Waals surface area contributed by atoms with Gasteiger partial charge in [0.2, 0.25) is 5.91 Å². The summed E-state index contributed by atoms with van der Waals surface area (Å²) in [5, 5.41) is 3.95. The van der Waals surface area contributed by atoms with Gasteiger partial charge >= 0.3 is 6.03 Å². The topological polar surface area (TPSA) is 65.5 Å². The fraction of sp³-hybridized carbons (Fsp3) is 0.421. The Morgan fingerprint density at radius 3 is 2.58 bits per heavy atom. The van der Waals surface area contributed by atoms with Gasteiger partial charge in [0.1, 0.15) is 11.6 Å². The second kappa shape index (κ2) is 7.86. The lowest BCUT2D eigenvalue weighted by atomic mass is 10.2. The molecule has 0 saturated carbocycles. The molecule has 2 aromatic rings. The SMILES string of the molecule is CCC(NC(=O)N1CCN(c2ccccc2)C(=O)C1)c1nc(C)c(C)s1. The second-order valence-electron chi connectivity index (χ2n) is 6.41. The predicted molar refractivity (Wildman–Crippen MR) is 104 cm³/mol. The van der Waals surface area contributed by atoms with Gasteiger partial charge < -0.3 is 15.1 Å². The highest BCUT2D eigenvalue weighted by atomic mass is 32.1. The van der Waals surface area contributed by atoms with E-state index in [1.54, 1.807) is 21.1 Å². The molecule has 0 bridgehead atoms. The number of rotatable bonds is 4. The number of hydrogen-bond donors (Lipinski definition) is 1. The van der Waals surface area contributed by atoms with E-state index < -0.39 is 0 Å². The van der Waals surface area contributed by atoms with Crippen LogP contribution in [0.25, 0.3) is 0 Å². The summed E-state index contributed by atoms with van der Waals surface area (Å²) >= 11 is 1.61. The summed E-state index contributed by atoms with van der Waals surface area (Å²) in [6.07, 6.45) is 0.760. The summed E-state index contributed by atoms with van der Waals surface area (Å²) in [4.78, 5) is 34.2. The molecular weight excluding hydrogens is 348 g/mol. The van der Waals surface area contributed by atoms with Crippen molar-refractivity contribution in [3.63, 3.8) is 0 Å². The lowest BCUT2D eigenvalue weighted by Crippen LogP contribution is -2.55. The fourth-order valence-corrected chi connectivity index (χ4v) is 4.01. The highest BCUT2D eigenvalue weighted by molar-refractivity contribution is 7.11. The third-order valence-electron chi connectivity index (χ3n) is 4.62. The number of benzene rings is 1. The van der Waals surface area contributed by atoms with E-state index in [1.807, 2.05) is 51.1 Å². The Morgan fingerprint density at radius 2 is 2.00 bits per heavy atom. The summed E-state index contributed by atoms with van der Waals surface area (Å²) < 4.78 is 0. The first-order valence-electron chi connectivity index (χ1n) is 8.84. The molecule has 1 saturated heterocycles. The molecule has 1 fully saturated rings. The summed E-state index contributed by atoms with van der Waals surface area (Å²) in [5.41, 5.74) is 1.88. The first-order chi connectivity index (χ1) is 12.5. The molecule has 7 heteroatoms. The molecule has 1 N–H and O–H groups in total. The van der Waals surface area contributed by atoms with Gasteiger partial charge in [0.25, 0.3) is 0 Å². The van der Waals surface area contributed by atoms with Crippen molar-refractivity contribution in [2.75, 3.05) is 24.5 Å². The van der Waals surface area contributed by atoms with Crippen LogP contribution in [-0.2, 0) is 4.79 Å². The maximum atomic E-state index is 12.6. The number of nitrogens with one attached hydrogen (secondary N) is 1. The van der Waals surface area contributed by atoms with Crippen molar-refractivity contribution < 1.29 is 9.59 Å². The molecule has 2 heterocycles.